The molecule has 0 N–H and O–H groups in total. The van der Waals surface area contributed by atoms with Crippen LogP contribution in [-0.4, -0.2) is 10.2 Å². The number of benzene rings is 3. The molecule has 0 atom stereocenters. The van der Waals surface area contributed by atoms with Gasteiger partial charge in [-0.3, -0.25) is 9.69 Å². The molecule has 0 radical (unpaired) electrons. The molecule has 3 nitrogen and oxygen atoms in total. The average molecular weight is 517 g/mol. The second-order valence-corrected chi connectivity index (χ2v) is 9.45. The summed E-state index contributed by atoms with van der Waals surface area (Å²) in [4.78, 5) is 15.1. The molecule has 1 aliphatic heterocycles. The first kappa shape index (κ1) is 21.1. The number of amides is 1. The Morgan fingerprint density at radius 3 is 2.67 bits per heavy atom. The van der Waals surface area contributed by atoms with Crippen LogP contribution >= 0.6 is 51.5 Å². The summed E-state index contributed by atoms with van der Waals surface area (Å²) in [5.41, 5.74) is 2.52. The molecule has 1 aliphatic rings. The Bertz CT molecular complexity index is 1170. The van der Waals surface area contributed by atoms with Crippen molar-refractivity contribution in [3.05, 3.63) is 98.3 Å². The van der Waals surface area contributed by atoms with E-state index in [1.807, 2.05) is 78.9 Å². The first-order valence-electron chi connectivity index (χ1n) is 9.01. The Balaban J connectivity index is 1.52. The van der Waals surface area contributed by atoms with E-state index in [1.165, 1.54) is 11.8 Å². The van der Waals surface area contributed by atoms with Gasteiger partial charge in [-0.1, -0.05) is 87.9 Å². The molecule has 3 aromatic carbocycles. The van der Waals surface area contributed by atoms with Crippen molar-refractivity contribution in [1.29, 1.82) is 0 Å². The van der Waals surface area contributed by atoms with Gasteiger partial charge in [0.05, 0.1) is 10.6 Å². The molecule has 3 aromatic rings. The third-order valence-electron chi connectivity index (χ3n) is 4.37. The van der Waals surface area contributed by atoms with Crippen LogP contribution in [-0.2, 0) is 11.4 Å². The Morgan fingerprint density at radius 1 is 1.07 bits per heavy atom. The van der Waals surface area contributed by atoms with Gasteiger partial charge in [0.1, 0.15) is 12.4 Å². The van der Waals surface area contributed by atoms with Gasteiger partial charge in [-0.25, -0.2) is 0 Å². The van der Waals surface area contributed by atoms with E-state index < -0.39 is 0 Å². The normalized spacial score (nSPS) is 15.1. The second kappa shape index (κ2) is 9.35. The zero-order chi connectivity index (χ0) is 21.1. The van der Waals surface area contributed by atoms with E-state index in [2.05, 4.69) is 15.9 Å². The molecule has 1 fully saturated rings. The molecule has 0 aromatic heterocycles. The van der Waals surface area contributed by atoms with Crippen molar-refractivity contribution < 1.29 is 9.53 Å². The standard InChI is InChI=1S/C23H15BrClNO2S2/c24-17-7-4-8-18(13-17)26-22(27)21(30-23(26)29)12-15-5-3-9-19(11-15)28-14-16-6-1-2-10-20(16)25/h1-13H,14H2/b21-12+. The van der Waals surface area contributed by atoms with E-state index in [0.717, 1.165) is 21.3 Å². The fourth-order valence-corrected chi connectivity index (χ4v) is 4.80. The number of hydrogen-bond donors (Lipinski definition) is 0. The molecule has 1 heterocycles. The third kappa shape index (κ3) is 4.78. The van der Waals surface area contributed by atoms with Gasteiger partial charge in [0, 0.05) is 15.1 Å². The van der Waals surface area contributed by atoms with Gasteiger partial charge in [-0.2, -0.15) is 0 Å². The lowest BCUT2D eigenvalue weighted by atomic mass is 10.2. The first-order chi connectivity index (χ1) is 14.5. The van der Waals surface area contributed by atoms with Crippen molar-refractivity contribution in [1.82, 2.24) is 0 Å². The highest BCUT2D eigenvalue weighted by Gasteiger charge is 2.33. The molecule has 0 aliphatic carbocycles. The van der Waals surface area contributed by atoms with Gasteiger partial charge in [-0.15, -0.1) is 0 Å². The van der Waals surface area contributed by atoms with Gasteiger partial charge in [0.2, 0.25) is 0 Å². The molecule has 0 saturated carbocycles. The lowest BCUT2D eigenvalue weighted by molar-refractivity contribution is -0.113. The molecular formula is C23H15BrClNO2S2. The number of nitrogens with zero attached hydrogens (tertiary/aromatic N) is 1. The zero-order valence-corrected chi connectivity index (χ0v) is 19.5. The van der Waals surface area contributed by atoms with Crippen LogP contribution in [0.1, 0.15) is 11.1 Å². The van der Waals surface area contributed by atoms with Crippen molar-refractivity contribution in [2.24, 2.45) is 0 Å². The number of carbonyl (C=O) groups excluding carboxylic acids is 1. The van der Waals surface area contributed by atoms with E-state index in [1.54, 1.807) is 4.90 Å². The predicted octanol–water partition coefficient (Wildman–Crippen LogP) is 7.09. The van der Waals surface area contributed by atoms with Gasteiger partial charge in [0.25, 0.3) is 5.91 Å². The van der Waals surface area contributed by atoms with E-state index in [4.69, 9.17) is 28.6 Å². The van der Waals surface area contributed by atoms with Crippen molar-refractivity contribution in [2.75, 3.05) is 4.90 Å². The summed E-state index contributed by atoms with van der Waals surface area (Å²) in [5, 5.41) is 0.671. The topological polar surface area (TPSA) is 29.5 Å². The number of anilines is 1. The molecule has 0 spiro atoms. The summed E-state index contributed by atoms with van der Waals surface area (Å²) in [7, 11) is 0. The maximum Gasteiger partial charge on any atom is 0.270 e. The molecule has 1 saturated heterocycles. The number of carbonyl (C=O) groups is 1. The van der Waals surface area contributed by atoms with Crippen LogP contribution in [0.3, 0.4) is 0 Å². The SMILES string of the molecule is O=C1/C(=C\c2cccc(OCc3ccccc3Cl)c2)SC(=S)N1c1cccc(Br)c1. The number of thiocarbonyl (C=S) groups is 1. The molecule has 150 valence electrons. The molecule has 4 rings (SSSR count). The molecule has 0 unspecified atom stereocenters. The number of hydrogen-bond acceptors (Lipinski definition) is 4. The molecule has 7 heteroatoms. The fraction of sp³-hybridized carbons (Fsp3) is 0.0435. The Labute approximate surface area is 197 Å². The zero-order valence-electron chi connectivity index (χ0n) is 15.5. The number of halogens is 2. The smallest absolute Gasteiger partial charge is 0.270 e. The highest BCUT2D eigenvalue weighted by atomic mass is 79.9. The first-order valence-corrected chi connectivity index (χ1v) is 11.4. The fourth-order valence-electron chi connectivity index (χ4n) is 2.93. The molecule has 0 bridgehead atoms. The predicted molar refractivity (Wildman–Crippen MR) is 132 cm³/mol. The summed E-state index contributed by atoms with van der Waals surface area (Å²) < 4.78 is 7.28. The number of ether oxygens (including phenoxy) is 1. The highest BCUT2D eigenvalue weighted by Crippen LogP contribution is 2.37. The van der Waals surface area contributed by atoms with Gasteiger partial charge in [-0.05, 0) is 48.0 Å². The van der Waals surface area contributed by atoms with Crippen LogP contribution in [0.25, 0.3) is 6.08 Å². The largest absolute Gasteiger partial charge is 0.489 e. The lowest BCUT2D eigenvalue weighted by Gasteiger charge is -2.14. The number of thioether (sulfide) groups is 1. The summed E-state index contributed by atoms with van der Waals surface area (Å²) >= 11 is 16.4. The molecule has 30 heavy (non-hydrogen) atoms. The Kier molecular flexibility index (Phi) is 6.58. The third-order valence-corrected chi connectivity index (χ3v) is 6.53. The van der Waals surface area contributed by atoms with E-state index >= 15 is 0 Å². The van der Waals surface area contributed by atoms with E-state index in [-0.39, 0.29) is 5.91 Å². The molecule has 1 amide bonds. The monoisotopic (exact) mass is 515 g/mol. The van der Waals surface area contributed by atoms with Crippen molar-refractivity contribution in [3.8, 4) is 5.75 Å². The van der Waals surface area contributed by atoms with E-state index in [9.17, 15) is 4.79 Å². The van der Waals surface area contributed by atoms with Crippen LogP contribution in [0.2, 0.25) is 5.02 Å². The van der Waals surface area contributed by atoms with Gasteiger partial charge in [0.15, 0.2) is 4.32 Å². The summed E-state index contributed by atoms with van der Waals surface area (Å²) in [6.45, 7) is 0.369. The number of rotatable bonds is 5. The van der Waals surface area contributed by atoms with Crippen LogP contribution in [0.4, 0.5) is 5.69 Å². The molecular weight excluding hydrogens is 502 g/mol. The minimum Gasteiger partial charge on any atom is -0.489 e. The minimum atomic E-state index is -0.134. The quantitative estimate of drug-likeness (QED) is 0.267. The van der Waals surface area contributed by atoms with Crippen LogP contribution in [0.5, 0.6) is 5.75 Å². The minimum absolute atomic E-state index is 0.134. The average Bonchev–Trinajstić information content (AvgIpc) is 3.00. The Morgan fingerprint density at radius 2 is 1.87 bits per heavy atom. The van der Waals surface area contributed by atoms with Crippen LogP contribution in [0.15, 0.2) is 82.2 Å². The second-order valence-electron chi connectivity index (χ2n) is 6.45. The summed E-state index contributed by atoms with van der Waals surface area (Å²) in [5.74, 6) is 0.566. The van der Waals surface area contributed by atoms with Crippen molar-refractivity contribution in [3.63, 3.8) is 0 Å². The summed E-state index contributed by atoms with van der Waals surface area (Å²) in [6, 6.07) is 22.7. The maximum absolute atomic E-state index is 13.0. The van der Waals surface area contributed by atoms with Crippen LogP contribution < -0.4 is 9.64 Å². The van der Waals surface area contributed by atoms with Crippen molar-refractivity contribution >= 4 is 73.5 Å². The Hall–Kier alpha value is -2.12. The summed E-state index contributed by atoms with van der Waals surface area (Å²) in [6.07, 6.45) is 1.83. The maximum atomic E-state index is 13.0. The van der Waals surface area contributed by atoms with E-state index in [0.29, 0.717) is 26.6 Å². The van der Waals surface area contributed by atoms with Crippen LogP contribution in [0, 0.1) is 0 Å². The van der Waals surface area contributed by atoms with Gasteiger partial charge >= 0.3 is 0 Å². The lowest BCUT2D eigenvalue weighted by Crippen LogP contribution is -2.27. The van der Waals surface area contributed by atoms with Crippen molar-refractivity contribution in [2.45, 2.75) is 6.61 Å². The highest BCUT2D eigenvalue weighted by molar-refractivity contribution is 9.10. The van der Waals surface area contributed by atoms with Gasteiger partial charge < -0.3 is 4.74 Å².